The molecule has 0 aliphatic carbocycles. The minimum Gasteiger partial charge on any atom is -0.461 e. The molecule has 0 radical (unpaired) electrons. The molecule has 1 aromatic rings. The van der Waals surface area contributed by atoms with Crippen LogP contribution in [0.2, 0.25) is 0 Å². The quantitative estimate of drug-likeness (QED) is 0.484. The molecule has 1 atom stereocenters. The molecular weight excluding hydrogens is 294 g/mol. The van der Waals surface area contributed by atoms with Crippen molar-refractivity contribution in [2.24, 2.45) is 0 Å². The van der Waals surface area contributed by atoms with Crippen LogP contribution in [0.5, 0.6) is 5.75 Å². The molecule has 0 saturated carbocycles. The monoisotopic (exact) mass is 325 g/mol. The van der Waals surface area contributed by atoms with Crippen LogP contribution in [0.25, 0.3) is 0 Å². The predicted molar refractivity (Wildman–Crippen MR) is 91.6 cm³/mol. The van der Waals surface area contributed by atoms with Crippen molar-refractivity contribution in [2.45, 2.75) is 59.2 Å². The third-order valence-electron chi connectivity index (χ3n) is 3.05. The molecule has 132 valence electrons. The predicted octanol–water partition coefficient (Wildman–Crippen LogP) is 2.71. The first-order valence-corrected chi connectivity index (χ1v) is 8.21. The molecule has 1 rings (SSSR count). The van der Waals surface area contributed by atoms with E-state index in [0.29, 0.717) is 38.2 Å². The molecule has 0 aliphatic heterocycles. The van der Waals surface area contributed by atoms with E-state index in [1.165, 1.54) is 0 Å². The second kappa shape index (κ2) is 9.88. The summed E-state index contributed by atoms with van der Waals surface area (Å²) in [7, 11) is 0. The lowest BCUT2D eigenvalue weighted by molar-refractivity contribution is -0.118. The molecule has 1 unspecified atom stereocenters. The number of aliphatic hydroxyl groups is 1. The van der Waals surface area contributed by atoms with Gasteiger partial charge in [0.15, 0.2) is 0 Å². The third kappa shape index (κ3) is 9.56. The maximum absolute atomic E-state index is 10.2. The maximum atomic E-state index is 10.2. The number of hydrogen-bond donors (Lipinski definition) is 2. The molecule has 0 aromatic heterocycles. The second-order valence-corrected chi connectivity index (χ2v) is 6.43. The van der Waals surface area contributed by atoms with Gasteiger partial charge in [0, 0.05) is 13.0 Å². The summed E-state index contributed by atoms with van der Waals surface area (Å²) in [6, 6.07) is 7.85. The van der Waals surface area contributed by atoms with Crippen LogP contribution in [0.1, 0.15) is 40.2 Å². The van der Waals surface area contributed by atoms with Crippen molar-refractivity contribution in [1.29, 1.82) is 0 Å². The van der Waals surface area contributed by atoms with Gasteiger partial charge >= 0.3 is 0 Å². The van der Waals surface area contributed by atoms with Gasteiger partial charge < -0.3 is 24.6 Å². The second-order valence-electron chi connectivity index (χ2n) is 6.43. The van der Waals surface area contributed by atoms with Crippen molar-refractivity contribution in [3.63, 3.8) is 0 Å². The van der Waals surface area contributed by atoms with Crippen LogP contribution in [0.3, 0.4) is 0 Å². The summed E-state index contributed by atoms with van der Waals surface area (Å²) in [4.78, 5) is 0. The molecule has 0 heterocycles. The van der Waals surface area contributed by atoms with Gasteiger partial charge in [-0.15, -0.1) is 0 Å². The highest BCUT2D eigenvalue weighted by Gasteiger charge is 2.22. The number of rotatable bonds is 11. The van der Waals surface area contributed by atoms with Crippen LogP contribution in [-0.2, 0) is 16.1 Å². The third-order valence-corrected chi connectivity index (χ3v) is 3.05. The van der Waals surface area contributed by atoms with Crippen molar-refractivity contribution in [1.82, 2.24) is 5.32 Å². The Morgan fingerprint density at radius 2 is 1.74 bits per heavy atom. The lowest BCUT2D eigenvalue weighted by Crippen LogP contribution is -2.45. The molecule has 0 amide bonds. The highest BCUT2D eigenvalue weighted by atomic mass is 16.6. The smallest absolute Gasteiger partial charge is 0.217 e. The Morgan fingerprint density at radius 3 is 2.30 bits per heavy atom. The van der Waals surface area contributed by atoms with Crippen LogP contribution in [0.4, 0.5) is 0 Å². The fraction of sp³-hybridized carbons (Fsp3) is 0.667. The number of ether oxygens (including phenoxy) is 3. The fourth-order valence-corrected chi connectivity index (χ4v) is 1.87. The zero-order chi connectivity index (χ0) is 17.3. The van der Waals surface area contributed by atoms with E-state index < -0.39 is 5.79 Å². The van der Waals surface area contributed by atoms with Crippen molar-refractivity contribution in [3.05, 3.63) is 29.8 Å². The summed E-state index contributed by atoms with van der Waals surface area (Å²) in [5.41, 5.74) is 1.06. The highest BCUT2D eigenvalue weighted by molar-refractivity contribution is 5.27. The molecule has 0 saturated heterocycles. The van der Waals surface area contributed by atoms with Gasteiger partial charge in [0.2, 0.25) is 5.79 Å². The fourth-order valence-electron chi connectivity index (χ4n) is 1.87. The summed E-state index contributed by atoms with van der Waals surface area (Å²) < 4.78 is 16.6. The van der Waals surface area contributed by atoms with Gasteiger partial charge in [0.05, 0.1) is 32.5 Å². The number of benzene rings is 1. The van der Waals surface area contributed by atoms with E-state index in [4.69, 9.17) is 14.2 Å². The maximum Gasteiger partial charge on any atom is 0.217 e. The average Bonchev–Trinajstić information content (AvgIpc) is 2.46. The van der Waals surface area contributed by atoms with E-state index in [0.717, 1.165) is 5.56 Å². The van der Waals surface area contributed by atoms with Crippen LogP contribution >= 0.6 is 0 Å². The van der Waals surface area contributed by atoms with E-state index in [-0.39, 0.29) is 6.10 Å². The Bertz CT molecular complexity index is 429. The Hall–Kier alpha value is -1.14. The molecule has 0 spiro atoms. The summed E-state index contributed by atoms with van der Waals surface area (Å²) in [5.74, 6) is -0.608. The topological polar surface area (TPSA) is 60.0 Å². The van der Waals surface area contributed by atoms with E-state index in [9.17, 15) is 5.11 Å². The zero-order valence-electron chi connectivity index (χ0n) is 15.0. The molecule has 2 N–H and O–H groups in total. The van der Waals surface area contributed by atoms with E-state index in [2.05, 4.69) is 5.32 Å². The lowest BCUT2D eigenvalue weighted by atomic mass is 10.2. The minimum absolute atomic E-state index is 0.230. The van der Waals surface area contributed by atoms with Crippen molar-refractivity contribution in [2.75, 3.05) is 19.8 Å². The largest absolute Gasteiger partial charge is 0.461 e. The van der Waals surface area contributed by atoms with Crippen LogP contribution in [-0.4, -0.2) is 42.8 Å². The molecule has 23 heavy (non-hydrogen) atoms. The first kappa shape index (κ1) is 19.9. The summed E-state index contributed by atoms with van der Waals surface area (Å²) in [5, 5.41) is 13.4. The number of nitrogens with one attached hydrogen (secondary N) is 1. The van der Waals surface area contributed by atoms with E-state index >= 15 is 0 Å². The van der Waals surface area contributed by atoms with Crippen molar-refractivity contribution >= 4 is 0 Å². The summed E-state index contributed by atoms with van der Waals surface area (Å²) in [6.45, 7) is 11.8. The normalized spacial score (nSPS) is 14.3. The summed E-state index contributed by atoms with van der Waals surface area (Å²) in [6.07, 6.45) is 0.230. The van der Waals surface area contributed by atoms with Gasteiger partial charge in [-0.1, -0.05) is 26.0 Å². The van der Waals surface area contributed by atoms with E-state index in [1.807, 2.05) is 52.0 Å². The van der Waals surface area contributed by atoms with E-state index in [1.54, 1.807) is 6.92 Å². The van der Waals surface area contributed by atoms with Gasteiger partial charge in [0.1, 0.15) is 5.75 Å². The molecule has 5 nitrogen and oxygen atoms in total. The van der Waals surface area contributed by atoms with Gasteiger partial charge in [-0.05, 0) is 31.5 Å². The highest BCUT2D eigenvalue weighted by Crippen LogP contribution is 2.18. The molecule has 1 aromatic carbocycles. The van der Waals surface area contributed by atoms with Crippen LogP contribution in [0, 0.1) is 0 Å². The molecule has 5 heteroatoms. The zero-order valence-corrected chi connectivity index (χ0v) is 15.0. The van der Waals surface area contributed by atoms with Crippen LogP contribution < -0.4 is 10.1 Å². The van der Waals surface area contributed by atoms with Gasteiger partial charge in [-0.25, -0.2) is 0 Å². The first-order valence-electron chi connectivity index (χ1n) is 8.21. The lowest BCUT2D eigenvalue weighted by Gasteiger charge is -2.26. The first-order chi connectivity index (χ1) is 10.8. The standard InChI is InChI=1S/C18H31NO4/c1-14(2)19-13-18(5,20)23-17-8-6-16(7-9-17)12-21-10-11-22-15(3)4/h6-9,14-15,19-20H,10-13H2,1-5H3. The Balaban J connectivity index is 2.35. The molecule has 0 bridgehead atoms. The summed E-state index contributed by atoms with van der Waals surface area (Å²) >= 11 is 0. The molecular formula is C18H31NO4. The minimum atomic E-state index is -1.24. The van der Waals surface area contributed by atoms with Crippen molar-refractivity contribution in [3.8, 4) is 5.75 Å². The Morgan fingerprint density at radius 1 is 1.09 bits per heavy atom. The SMILES string of the molecule is CC(C)NCC(C)(O)Oc1ccc(COCCOC(C)C)cc1. The number of hydrogen-bond acceptors (Lipinski definition) is 5. The van der Waals surface area contributed by atoms with Gasteiger partial charge in [0.25, 0.3) is 0 Å². The van der Waals surface area contributed by atoms with Crippen molar-refractivity contribution < 1.29 is 19.3 Å². The molecule has 0 fully saturated rings. The van der Waals surface area contributed by atoms with Gasteiger partial charge in [-0.2, -0.15) is 0 Å². The average molecular weight is 325 g/mol. The Labute approximate surface area is 139 Å². The van der Waals surface area contributed by atoms with Crippen LogP contribution in [0.15, 0.2) is 24.3 Å². The molecule has 0 aliphatic rings. The Kier molecular flexibility index (Phi) is 8.55. The van der Waals surface area contributed by atoms with Gasteiger partial charge in [-0.3, -0.25) is 0 Å².